The summed E-state index contributed by atoms with van der Waals surface area (Å²) in [5.74, 6) is -0.647. The van der Waals surface area contributed by atoms with Crippen molar-refractivity contribution in [2.45, 2.75) is 37.8 Å². The highest BCUT2D eigenvalue weighted by atomic mass is 35.5. The van der Waals surface area contributed by atoms with Crippen molar-refractivity contribution in [3.05, 3.63) is 33.1 Å². The lowest BCUT2D eigenvalue weighted by molar-refractivity contribution is -0.384. The highest BCUT2D eigenvalue weighted by Gasteiger charge is 2.27. The standard InChI is InChI=1S/C13H17ClFN3O2/c1-17(9-4-2-8(16)3-5-9)12-7-11(15)10(14)6-13(12)18(19)20/h6-9H,2-5,16H2,1H3. The summed E-state index contributed by atoms with van der Waals surface area (Å²) in [5, 5.41) is 10.9. The van der Waals surface area contributed by atoms with E-state index in [0.717, 1.165) is 37.8 Å². The first-order valence-corrected chi connectivity index (χ1v) is 6.89. The van der Waals surface area contributed by atoms with Crippen molar-refractivity contribution in [2.75, 3.05) is 11.9 Å². The van der Waals surface area contributed by atoms with E-state index >= 15 is 0 Å². The number of nitrogens with zero attached hydrogens (tertiary/aromatic N) is 2. The molecule has 1 aromatic rings. The number of benzene rings is 1. The van der Waals surface area contributed by atoms with E-state index in [2.05, 4.69) is 0 Å². The summed E-state index contributed by atoms with van der Waals surface area (Å²) in [4.78, 5) is 12.3. The SMILES string of the molecule is CN(c1cc(F)c(Cl)cc1[N+](=O)[O-])C1CCC(N)CC1. The molecule has 0 radical (unpaired) electrons. The average Bonchev–Trinajstić information content (AvgIpc) is 2.41. The van der Waals surface area contributed by atoms with Crippen LogP contribution in [0.25, 0.3) is 0 Å². The van der Waals surface area contributed by atoms with Crippen molar-refractivity contribution in [3.63, 3.8) is 0 Å². The van der Waals surface area contributed by atoms with Crippen LogP contribution in [0.1, 0.15) is 25.7 Å². The molecule has 1 aromatic carbocycles. The molecule has 0 spiro atoms. The van der Waals surface area contributed by atoms with Gasteiger partial charge in [0.05, 0.1) is 9.95 Å². The van der Waals surface area contributed by atoms with E-state index in [1.807, 2.05) is 0 Å². The predicted molar refractivity (Wildman–Crippen MR) is 76.7 cm³/mol. The summed E-state index contributed by atoms with van der Waals surface area (Å²) in [6.45, 7) is 0. The molecule has 0 saturated heterocycles. The van der Waals surface area contributed by atoms with Crippen LogP contribution in [0.4, 0.5) is 15.8 Å². The van der Waals surface area contributed by atoms with Gasteiger partial charge in [-0.15, -0.1) is 0 Å². The molecule has 7 heteroatoms. The number of hydrogen-bond acceptors (Lipinski definition) is 4. The Bertz CT molecular complexity index is 519. The predicted octanol–water partition coefficient (Wildman–Crippen LogP) is 3.09. The molecule has 0 amide bonds. The van der Waals surface area contributed by atoms with E-state index in [1.165, 1.54) is 0 Å². The third-order valence-electron chi connectivity index (χ3n) is 3.88. The van der Waals surface area contributed by atoms with Gasteiger partial charge in [-0.2, -0.15) is 0 Å². The second kappa shape index (κ2) is 5.93. The maximum Gasteiger partial charge on any atom is 0.294 e. The molecule has 110 valence electrons. The molecule has 1 saturated carbocycles. The molecule has 0 atom stereocenters. The number of hydrogen-bond donors (Lipinski definition) is 1. The molecular weight excluding hydrogens is 285 g/mol. The fourth-order valence-electron chi connectivity index (χ4n) is 2.64. The van der Waals surface area contributed by atoms with Crippen molar-refractivity contribution in [1.29, 1.82) is 0 Å². The van der Waals surface area contributed by atoms with E-state index in [9.17, 15) is 14.5 Å². The minimum atomic E-state index is -0.647. The normalized spacial score (nSPS) is 22.6. The maximum atomic E-state index is 13.6. The zero-order valence-corrected chi connectivity index (χ0v) is 11.9. The quantitative estimate of drug-likeness (QED) is 0.688. The summed E-state index contributed by atoms with van der Waals surface area (Å²) >= 11 is 5.62. The lowest BCUT2D eigenvalue weighted by atomic mass is 9.90. The van der Waals surface area contributed by atoms with Gasteiger partial charge in [0.1, 0.15) is 11.5 Å². The first-order valence-electron chi connectivity index (χ1n) is 6.52. The number of nitro benzene ring substituents is 1. The van der Waals surface area contributed by atoms with Crippen LogP contribution >= 0.6 is 11.6 Å². The molecule has 20 heavy (non-hydrogen) atoms. The Kier molecular flexibility index (Phi) is 4.45. The van der Waals surface area contributed by atoms with Crippen LogP contribution in [0.15, 0.2) is 12.1 Å². The van der Waals surface area contributed by atoms with Crippen LogP contribution in [0, 0.1) is 15.9 Å². The zero-order chi connectivity index (χ0) is 14.9. The monoisotopic (exact) mass is 301 g/mol. The second-order valence-corrected chi connectivity index (χ2v) is 5.60. The van der Waals surface area contributed by atoms with Gasteiger partial charge in [0.15, 0.2) is 0 Å². The Morgan fingerprint density at radius 3 is 2.55 bits per heavy atom. The largest absolute Gasteiger partial charge is 0.366 e. The number of anilines is 1. The van der Waals surface area contributed by atoms with Crippen LogP contribution < -0.4 is 10.6 Å². The molecular formula is C13H17ClFN3O2. The van der Waals surface area contributed by atoms with Crippen LogP contribution in [0.5, 0.6) is 0 Å². The molecule has 0 unspecified atom stereocenters. The minimum Gasteiger partial charge on any atom is -0.366 e. The Balaban J connectivity index is 2.31. The van der Waals surface area contributed by atoms with Crippen molar-refractivity contribution in [3.8, 4) is 0 Å². The molecule has 2 N–H and O–H groups in total. The molecule has 0 heterocycles. The lowest BCUT2D eigenvalue weighted by Crippen LogP contribution is -2.39. The van der Waals surface area contributed by atoms with E-state index in [0.29, 0.717) is 0 Å². The van der Waals surface area contributed by atoms with Gasteiger partial charge in [-0.25, -0.2) is 4.39 Å². The average molecular weight is 302 g/mol. The molecule has 1 aliphatic carbocycles. The third kappa shape index (κ3) is 3.02. The highest BCUT2D eigenvalue weighted by Crippen LogP contribution is 2.35. The molecule has 1 aliphatic rings. The highest BCUT2D eigenvalue weighted by molar-refractivity contribution is 6.31. The van der Waals surface area contributed by atoms with Gasteiger partial charge in [-0.3, -0.25) is 10.1 Å². The number of nitro groups is 1. The second-order valence-electron chi connectivity index (χ2n) is 5.19. The Labute approximate surface area is 121 Å². The first kappa shape index (κ1) is 15.0. The van der Waals surface area contributed by atoms with E-state index in [1.54, 1.807) is 11.9 Å². The van der Waals surface area contributed by atoms with E-state index < -0.39 is 10.7 Å². The number of nitrogens with two attached hydrogens (primary N) is 1. The maximum absolute atomic E-state index is 13.6. The summed E-state index contributed by atoms with van der Waals surface area (Å²) in [5.41, 5.74) is 5.94. The van der Waals surface area contributed by atoms with E-state index in [4.69, 9.17) is 17.3 Å². The Hall–Kier alpha value is -1.40. The fourth-order valence-corrected chi connectivity index (χ4v) is 2.80. The topological polar surface area (TPSA) is 72.4 Å². The molecule has 2 rings (SSSR count). The summed E-state index contributed by atoms with van der Waals surface area (Å²) in [7, 11) is 1.75. The van der Waals surface area contributed by atoms with Gasteiger partial charge < -0.3 is 10.6 Å². The van der Waals surface area contributed by atoms with Gasteiger partial charge >= 0.3 is 0 Å². The van der Waals surface area contributed by atoms with Gasteiger partial charge in [0.25, 0.3) is 5.69 Å². The molecule has 0 bridgehead atoms. The first-order chi connectivity index (χ1) is 9.40. The Morgan fingerprint density at radius 1 is 1.40 bits per heavy atom. The van der Waals surface area contributed by atoms with Crippen LogP contribution in [-0.2, 0) is 0 Å². The molecule has 1 fully saturated rings. The smallest absolute Gasteiger partial charge is 0.294 e. The number of rotatable bonds is 3. The van der Waals surface area contributed by atoms with Crippen LogP contribution in [0.3, 0.4) is 0 Å². The Morgan fingerprint density at radius 2 is 2.00 bits per heavy atom. The molecule has 5 nitrogen and oxygen atoms in total. The van der Waals surface area contributed by atoms with Gasteiger partial charge in [-0.1, -0.05) is 11.6 Å². The van der Waals surface area contributed by atoms with Crippen molar-refractivity contribution >= 4 is 23.0 Å². The van der Waals surface area contributed by atoms with Gasteiger partial charge in [-0.05, 0) is 25.7 Å². The zero-order valence-electron chi connectivity index (χ0n) is 11.2. The summed E-state index contributed by atoms with van der Waals surface area (Å²) < 4.78 is 13.6. The molecule has 0 aromatic heterocycles. The van der Waals surface area contributed by atoms with Crippen molar-refractivity contribution in [2.24, 2.45) is 5.73 Å². The van der Waals surface area contributed by atoms with Gasteiger partial charge in [0.2, 0.25) is 0 Å². The van der Waals surface area contributed by atoms with Crippen LogP contribution in [-0.4, -0.2) is 24.1 Å². The van der Waals surface area contributed by atoms with Crippen molar-refractivity contribution < 1.29 is 9.31 Å². The summed E-state index contributed by atoms with van der Waals surface area (Å²) in [6, 6.07) is 2.53. The third-order valence-corrected chi connectivity index (χ3v) is 4.17. The lowest BCUT2D eigenvalue weighted by Gasteiger charge is -2.34. The number of halogens is 2. The molecule has 0 aliphatic heterocycles. The van der Waals surface area contributed by atoms with Crippen molar-refractivity contribution in [1.82, 2.24) is 0 Å². The van der Waals surface area contributed by atoms with Gasteiger partial charge in [0, 0.05) is 31.3 Å². The van der Waals surface area contributed by atoms with E-state index in [-0.39, 0.29) is 28.5 Å². The minimum absolute atomic E-state index is 0.133. The fraction of sp³-hybridized carbons (Fsp3) is 0.538. The summed E-state index contributed by atoms with van der Waals surface area (Å²) in [6.07, 6.45) is 3.44. The van der Waals surface area contributed by atoms with Crippen LogP contribution in [0.2, 0.25) is 5.02 Å².